The molecule has 2 aromatic heterocycles. The largest absolute Gasteiger partial charge is 0.474 e. The maximum atomic E-state index is 13.3. The summed E-state index contributed by atoms with van der Waals surface area (Å²) >= 11 is 1.46. The predicted octanol–water partition coefficient (Wildman–Crippen LogP) is 3.72. The highest BCUT2D eigenvalue weighted by molar-refractivity contribution is 7.14. The molecular formula is C28H36N6O3S. The van der Waals surface area contributed by atoms with Crippen LogP contribution in [-0.2, 0) is 11.3 Å². The van der Waals surface area contributed by atoms with Crippen LogP contribution in [0.1, 0.15) is 71.0 Å². The number of pyridine rings is 1. The fourth-order valence-electron chi connectivity index (χ4n) is 5.27. The van der Waals surface area contributed by atoms with Crippen molar-refractivity contribution in [3.8, 4) is 5.88 Å². The van der Waals surface area contributed by atoms with Gasteiger partial charge in [-0.05, 0) is 54.9 Å². The van der Waals surface area contributed by atoms with E-state index in [1.807, 2.05) is 18.3 Å². The Hall–Kier alpha value is -3.40. The Balaban J connectivity index is 1.26. The second-order valence-corrected chi connectivity index (χ2v) is 11.5. The van der Waals surface area contributed by atoms with Gasteiger partial charge in [0.05, 0.1) is 23.7 Å². The number of allylic oxidation sites excluding steroid dienone is 1. The van der Waals surface area contributed by atoms with Crippen molar-refractivity contribution in [1.82, 2.24) is 15.6 Å². The number of carbonyl (C=O) groups excluding carboxylic acids is 2. The summed E-state index contributed by atoms with van der Waals surface area (Å²) < 4.78 is 5.79. The number of hydrogen-bond donors (Lipinski definition) is 3. The van der Waals surface area contributed by atoms with Crippen LogP contribution in [0.2, 0.25) is 0 Å². The quantitative estimate of drug-likeness (QED) is 0.398. The molecule has 2 fully saturated rings. The molecule has 2 aromatic rings. The number of ether oxygens (including phenoxy) is 1. The molecule has 1 aliphatic heterocycles. The summed E-state index contributed by atoms with van der Waals surface area (Å²) in [6.45, 7) is 2.03. The third-order valence-electron chi connectivity index (χ3n) is 7.46. The number of thiophene rings is 1. The van der Waals surface area contributed by atoms with Crippen LogP contribution in [0.3, 0.4) is 0 Å². The second kappa shape index (κ2) is 12.0. The maximum absolute atomic E-state index is 13.3. The lowest BCUT2D eigenvalue weighted by molar-refractivity contribution is -0.122. The van der Waals surface area contributed by atoms with Gasteiger partial charge in [-0.25, -0.2) is 4.98 Å². The minimum absolute atomic E-state index is 0.234. The molecule has 202 valence electrons. The number of fused-ring (bicyclic) bond motifs is 1. The van der Waals surface area contributed by atoms with Crippen molar-refractivity contribution in [2.75, 3.05) is 25.1 Å². The average molecular weight is 537 g/mol. The van der Waals surface area contributed by atoms with Crippen molar-refractivity contribution in [1.29, 1.82) is 0 Å². The average Bonchev–Trinajstić information content (AvgIpc) is 3.44. The molecule has 0 radical (unpaired) electrons. The number of carbonyl (C=O) groups is 2. The highest BCUT2D eigenvalue weighted by Gasteiger charge is 2.29. The molecule has 0 spiro atoms. The number of nitrogens with one attached hydrogen (secondary N) is 2. The van der Waals surface area contributed by atoms with Crippen molar-refractivity contribution in [2.45, 2.75) is 63.5 Å². The Bertz CT molecular complexity index is 1210. The topological polar surface area (TPSA) is 122 Å². The second-order valence-electron chi connectivity index (χ2n) is 10.3. The van der Waals surface area contributed by atoms with E-state index in [1.165, 1.54) is 55.0 Å². The van der Waals surface area contributed by atoms with Gasteiger partial charge in [-0.2, -0.15) is 0 Å². The van der Waals surface area contributed by atoms with Gasteiger partial charge in [0.25, 0.3) is 5.91 Å². The number of anilines is 1. The number of rotatable bonds is 10. The number of nitrogens with zero attached hydrogens (tertiary/aromatic N) is 3. The Morgan fingerprint density at radius 1 is 1.29 bits per heavy atom. The van der Waals surface area contributed by atoms with Gasteiger partial charge in [0.1, 0.15) is 18.3 Å². The van der Waals surface area contributed by atoms with Gasteiger partial charge in [0, 0.05) is 30.5 Å². The Morgan fingerprint density at radius 3 is 2.84 bits per heavy atom. The first-order chi connectivity index (χ1) is 18.5. The van der Waals surface area contributed by atoms with Crippen LogP contribution in [-0.4, -0.2) is 49.3 Å². The third-order valence-corrected chi connectivity index (χ3v) is 8.52. The minimum atomic E-state index is -0.644. The lowest BCUT2D eigenvalue weighted by Crippen LogP contribution is -2.47. The zero-order valence-corrected chi connectivity index (χ0v) is 22.6. The van der Waals surface area contributed by atoms with Gasteiger partial charge in [0.15, 0.2) is 0 Å². The minimum Gasteiger partial charge on any atom is -0.474 e. The standard InChI is InChI=1S/C28H36N6O3S/c1-30-16-21(14-29)32-26(35)23(12-18-4-2-3-5-18)33-27(36)25-9-8-22(38-25)17-34-10-11-37-28-24(34)13-20(15-31-28)19-6-7-19/h8-9,13-16,18-19,23H,2-7,10-12,17,29H2,1H3,(H,32,35)(H,33,36)/b21-14+,30-16?. The van der Waals surface area contributed by atoms with Crippen LogP contribution in [0.4, 0.5) is 5.69 Å². The van der Waals surface area contributed by atoms with Gasteiger partial charge in [-0.15, -0.1) is 11.3 Å². The van der Waals surface area contributed by atoms with E-state index in [-0.39, 0.29) is 11.8 Å². The molecule has 0 bridgehead atoms. The maximum Gasteiger partial charge on any atom is 0.262 e. The van der Waals surface area contributed by atoms with Crippen molar-refractivity contribution >= 4 is 35.1 Å². The van der Waals surface area contributed by atoms with Gasteiger partial charge in [-0.1, -0.05) is 25.7 Å². The predicted molar refractivity (Wildman–Crippen MR) is 150 cm³/mol. The van der Waals surface area contributed by atoms with Crippen molar-refractivity contribution in [3.05, 3.63) is 51.6 Å². The summed E-state index contributed by atoms with van der Waals surface area (Å²) in [5, 5.41) is 5.79. The Labute approximate surface area is 227 Å². The van der Waals surface area contributed by atoms with E-state index in [9.17, 15) is 9.59 Å². The lowest BCUT2D eigenvalue weighted by atomic mass is 9.97. The molecule has 1 unspecified atom stereocenters. The number of nitrogens with two attached hydrogens (primary N) is 1. The Morgan fingerprint density at radius 2 is 2.11 bits per heavy atom. The van der Waals surface area contributed by atoms with Crippen LogP contribution < -0.4 is 26.0 Å². The van der Waals surface area contributed by atoms with Gasteiger partial charge < -0.3 is 26.0 Å². The summed E-state index contributed by atoms with van der Waals surface area (Å²) in [7, 11) is 1.61. The van der Waals surface area contributed by atoms with Crippen LogP contribution in [0.25, 0.3) is 0 Å². The van der Waals surface area contributed by atoms with E-state index in [0.717, 1.165) is 30.0 Å². The molecule has 2 aliphatic carbocycles. The van der Waals surface area contributed by atoms with Crippen LogP contribution in [0.5, 0.6) is 5.88 Å². The molecule has 2 amide bonds. The molecular weight excluding hydrogens is 500 g/mol. The zero-order valence-electron chi connectivity index (χ0n) is 21.8. The van der Waals surface area contributed by atoms with E-state index < -0.39 is 6.04 Å². The summed E-state index contributed by atoms with van der Waals surface area (Å²) in [6, 6.07) is 5.40. The summed E-state index contributed by atoms with van der Waals surface area (Å²) in [5.74, 6) is 1.21. The summed E-state index contributed by atoms with van der Waals surface area (Å²) in [5.41, 5.74) is 8.33. The monoisotopic (exact) mass is 536 g/mol. The molecule has 38 heavy (non-hydrogen) atoms. The number of aromatic nitrogens is 1. The fourth-order valence-corrected chi connectivity index (χ4v) is 6.20. The van der Waals surface area contributed by atoms with Crippen molar-refractivity contribution in [3.63, 3.8) is 0 Å². The van der Waals surface area contributed by atoms with Crippen LogP contribution in [0.15, 0.2) is 41.3 Å². The van der Waals surface area contributed by atoms with Crippen molar-refractivity contribution in [2.24, 2.45) is 16.6 Å². The molecule has 9 nitrogen and oxygen atoms in total. The number of amides is 2. The first-order valence-electron chi connectivity index (χ1n) is 13.5. The molecule has 0 saturated heterocycles. The molecule has 1 atom stereocenters. The van der Waals surface area contributed by atoms with E-state index in [4.69, 9.17) is 10.5 Å². The van der Waals surface area contributed by atoms with E-state index in [2.05, 4.69) is 31.6 Å². The fraction of sp³-hybridized carbons (Fsp3) is 0.500. The van der Waals surface area contributed by atoms with Crippen LogP contribution in [0, 0.1) is 5.92 Å². The SMILES string of the molecule is CN=C/C(=C\N)NC(=O)C(CC1CCCC1)NC(=O)c1ccc(CN2CCOc3ncc(C4CC4)cc32)s1. The molecule has 0 aromatic carbocycles. The van der Waals surface area contributed by atoms with E-state index >= 15 is 0 Å². The Kier molecular flexibility index (Phi) is 8.26. The third kappa shape index (κ3) is 6.35. The van der Waals surface area contributed by atoms with Gasteiger partial charge in [-0.3, -0.25) is 14.6 Å². The molecule has 2 saturated carbocycles. The lowest BCUT2D eigenvalue weighted by Gasteiger charge is -2.30. The first kappa shape index (κ1) is 26.2. The van der Waals surface area contributed by atoms with E-state index in [0.29, 0.717) is 47.9 Å². The normalized spacial score (nSPS) is 18.8. The molecule has 3 aliphatic rings. The molecule has 10 heteroatoms. The van der Waals surface area contributed by atoms with Crippen molar-refractivity contribution < 1.29 is 14.3 Å². The van der Waals surface area contributed by atoms with Gasteiger partial charge in [0.2, 0.25) is 11.8 Å². The van der Waals surface area contributed by atoms with Gasteiger partial charge >= 0.3 is 0 Å². The first-order valence-corrected chi connectivity index (χ1v) is 14.3. The molecule has 4 N–H and O–H groups in total. The number of hydrogen-bond acceptors (Lipinski definition) is 8. The summed E-state index contributed by atoms with van der Waals surface area (Å²) in [4.78, 5) is 38.8. The van der Waals surface area contributed by atoms with E-state index in [1.54, 1.807) is 7.05 Å². The number of aliphatic imine (C=N–C) groups is 1. The molecule has 3 heterocycles. The smallest absolute Gasteiger partial charge is 0.262 e. The highest BCUT2D eigenvalue weighted by atomic mass is 32.1. The zero-order chi connectivity index (χ0) is 26.5. The van der Waals surface area contributed by atoms with Crippen LogP contribution >= 0.6 is 11.3 Å². The highest BCUT2D eigenvalue weighted by Crippen LogP contribution is 2.43. The molecule has 5 rings (SSSR count). The summed E-state index contributed by atoms with van der Waals surface area (Å²) in [6.07, 6.45) is 12.3.